The molecule has 82 valence electrons. The van der Waals surface area contributed by atoms with E-state index in [-0.39, 0.29) is 5.97 Å². The third kappa shape index (κ3) is 3.23. The first-order valence-corrected chi connectivity index (χ1v) is 4.73. The molecule has 0 amide bonds. The van der Waals surface area contributed by atoms with Crippen LogP contribution in [0.1, 0.15) is 17.5 Å². The molecule has 0 N–H and O–H groups in total. The van der Waals surface area contributed by atoms with Crippen LogP contribution < -0.4 is 4.74 Å². The van der Waals surface area contributed by atoms with Gasteiger partial charge in [-0.15, -0.1) is 0 Å². The van der Waals surface area contributed by atoms with Crippen LogP contribution in [0, 0.1) is 6.92 Å². The van der Waals surface area contributed by atoms with Crippen LogP contribution in [0.5, 0.6) is 5.88 Å². The molecule has 0 aliphatic heterocycles. The molecule has 1 rings (SSSR count). The molecule has 0 radical (unpaired) electrons. The summed E-state index contributed by atoms with van der Waals surface area (Å²) < 4.78 is 9.61. The van der Waals surface area contributed by atoms with Crippen LogP contribution in [-0.4, -0.2) is 25.2 Å². The summed E-state index contributed by atoms with van der Waals surface area (Å²) in [6.07, 6.45) is 2.74. The van der Waals surface area contributed by atoms with Gasteiger partial charge in [0.2, 0.25) is 5.88 Å². The number of rotatable bonds is 4. The zero-order valence-corrected chi connectivity index (χ0v) is 9.24. The second-order valence-corrected chi connectivity index (χ2v) is 3.25. The van der Waals surface area contributed by atoms with Crippen molar-refractivity contribution in [3.05, 3.63) is 23.4 Å². The van der Waals surface area contributed by atoms with E-state index in [1.54, 1.807) is 13.3 Å². The molecule has 0 aliphatic carbocycles. The van der Waals surface area contributed by atoms with Crippen molar-refractivity contribution < 1.29 is 14.3 Å². The second kappa shape index (κ2) is 5.34. The van der Waals surface area contributed by atoms with E-state index in [2.05, 4.69) is 9.72 Å². The molecule has 0 aliphatic rings. The van der Waals surface area contributed by atoms with Crippen molar-refractivity contribution in [3.63, 3.8) is 0 Å². The quantitative estimate of drug-likeness (QED) is 0.705. The Labute approximate surface area is 89.2 Å². The fourth-order valence-electron chi connectivity index (χ4n) is 1.32. The molecule has 0 saturated heterocycles. The van der Waals surface area contributed by atoms with Crippen LogP contribution in [0.4, 0.5) is 0 Å². The summed E-state index contributed by atoms with van der Waals surface area (Å²) in [6, 6.07) is 1.97. The fourth-order valence-corrected chi connectivity index (χ4v) is 1.32. The SMILES string of the molecule is COC(=O)CCc1cnc(OC)c(C)c1. The smallest absolute Gasteiger partial charge is 0.305 e. The first-order valence-electron chi connectivity index (χ1n) is 4.73. The lowest BCUT2D eigenvalue weighted by Crippen LogP contribution is -2.02. The Morgan fingerprint density at radius 2 is 2.20 bits per heavy atom. The van der Waals surface area contributed by atoms with Gasteiger partial charge >= 0.3 is 5.97 Å². The summed E-state index contributed by atoms with van der Waals surface area (Å²) in [7, 11) is 2.98. The van der Waals surface area contributed by atoms with E-state index in [0.29, 0.717) is 18.7 Å². The normalized spacial score (nSPS) is 9.80. The van der Waals surface area contributed by atoms with Crippen molar-refractivity contribution in [2.75, 3.05) is 14.2 Å². The molecule has 0 fully saturated rings. The maximum absolute atomic E-state index is 10.9. The van der Waals surface area contributed by atoms with E-state index >= 15 is 0 Å². The Hall–Kier alpha value is -1.58. The highest BCUT2D eigenvalue weighted by molar-refractivity contribution is 5.69. The van der Waals surface area contributed by atoms with Gasteiger partial charge in [-0.2, -0.15) is 0 Å². The Kier molecular flexibility index (Phi) is 4.09. The van der Waals surface area contributed by atoms with Gasteiger partial charge in [0.1, 0.15) is 0 Å². The van der Waals surface area contributed by atoms with Gasteiger partial charge in [0.05, 0.1) is 14.2 Å². The minimum atomic E-state index is -0.205. The van der Waals surface area contributed by atoms with E-state index in [1.807, 2.05) is 13.0 Å². The summed E-state index contributed by atoms with van der Waals surface area (Å²) in [5, 5.41) is 0. The number of carbonyl (C=O) groups excluding carboxylic acids is 1. The van der Waals surface area contributed by atoms with Crippen LogP contribution in [0.15, 0.2) is 12.3 Å². The molecule has 15 heavy (non-hydrogen) atoms. The molecule has 0 aromatic carbocycles. The van der Waals surface area contributed by atoms with Gasteiger partial charge in [0.25, 0.3) is 0 Å². The van der Waals surface area contributed by atoms with Gasteiger partial charge in [-0.05, 0) is 25.0 Å². The number of pyridine rings is 1. The maximum Gasteiger partial charge on any atom is 0.305 e. The van der Waals surface area contributed by atoms with Crippen LogP contribution in [0.25, 0.3) is 0 Å². The summed E-state index contributed by atoms with van der Waals surface area (Å²) >= 11 is 0. The maximum atomic E-state index is 10.9. The van der Waals surface area contributed by atoms with E-state index in [9.17, 15) is 4.79 Å². The number of aryl methyl sites for hydroxylation is 2. The average molecular weight is 209 g/mol. The van der Waals surface area contributed by atoms with Crippen molar-refractivity contribution in [1.82, 2.24) is 4.98 Å². The molecular weight excluding hydrogens is 194 g/mol. The number of carbonyl (C=O) groups is 1. The number of nitrogens with zero attached hydrogens (tertiary/aromatic N) is 1. The first kappa shape index (κ1) is 11.5. The van der Waals surface area contributed by atoms with Gasteiger partial charge in [-0.3, -0.25) is 4.79 Å². The van der Waals surface area contributed by atoms with Gasteiger partial charge in [-0.25, -0.2) is 4.98 Å². The van der Waals surface area contributed by atoms with Gasteiger partial charge in [0, 0.05) is 18.2 Å². The largest absolute Gasteiger partial charge is 0.481 e. The summed E-state index contributed by atoms with van der Waals surface area (Å²) in [5.41, 5.74) is 1.98. The minimum Gasteiger partial charge on any atom is -0.481 e. The Bertz CT molecular complexity index is 350. The lowest BCUT2D eigenvalue weighted by molar-refractivity contribution is -0.140. The van der Waals surface area contributed by atoms with Crippen LogP contribution >= 0.6 is 0 Å². The first-order chi connectivity index (χ1) is 7.17. The van der Waals surface area contributed by atoms with Crippen molar-refractivity contribution in [2.45, 2.75) is 19.8 Å². The molecule has 4 heteroatoms. The molecule has 0 unspecified atom stereocenters. The molecule has 0 saturated carbocycles. The molecule has 1 heterocycles. The predicted molar refractivity (Wildman–Crippen MR) is 55.9 cm³/mol. The average Bonchev–Trinajstić information content (AvgIpc) is 2.26. The van der Waals surface area contributed by atoms with Crippen LogP contribution in [0.2, 0.25) is 0 Å². The molecule has 4 nitrogen and oxygen atoms in total. The van der Waals surface area contributed by atoms with E-state index in [0.717, 1.165) is 11.1 Å². The number of aromatic nitrogens is 1. The zero-order chi connectivity index (χ0) is 11.3. The zero-order valence-electron chi connectivity index (χ0n) is 9.24. The van der Waals surface area contributed by atoms with Crippen LogP contribution in [-0.2, 0) is 16.0 Å². The molecule has 0 atom stereocenters. The van der Waals surface area contributed by atoms with E-state index in [4.69, 9.17) is 4.74 Å². The van der Waals surface area contributed by atoms with Crippen molar-refractivity contribution in [1.29, 1.82) is 0 Å². The molecular formula is C11H15NO3. The summed E-state index contributed by atoms with van der Waals surface area (Å²) in [4.78, 5) is 15.1. The lowest BCUT2D eigenvalue weighted by atomic mass is 10.1. The van der Waals surface area contributed by atoms with E-state index < -0.39 is 0 Å². The van der Waals surface area contributed by atoms with Gasteiger partial charge in [0.15, 0.2) is 0 Å². The van der Waals surface area contributed by atoms with Crippen molar-refractivity contribution in [3.8, 4) is 5.88 Å². The third-order valence-electron chi connectivity index (χ3n) is 2.13. The molecule has 1 aromatic rings. The molecule has 1 aromatic heterocycles. The topological polar surface area (TPSA) is 48.4 Å². The van der Waals surface area contributed by atoms with Crippen molar-refractivity contribution in [2.24, 2.45) is 0 Å². The predicted octanol–water partition coefficient (Wildman–Crippen LogP) is 1.50. The Morgan fingerprint density at radius 1 is 1.47 bits per heavy atom. The highest BCUT2D eigenvalue weighted by Crippen LogP contribution is 2.15. The second-order valence-electron chi connectivity index (χ2n) is 3.25. The fraction of sp³-hybridized carbons (Fsp3) is 0.455. The molecule has 0 spiro atoms. The summed E-state index contributed by atoms with van der Waals surface area (Å²) in [6.45, 7) is 1.92. The Balaban J connectivity index is 2.63. The summed E-state index contributed by atoms with van der Waals surface area (Å²) in [5.74, 6) is 0.417. The number of esters is 1. The number of ether oxygens (including phenoxy) is 2. The monoisotopic (exact) mass is 209 g/mol. The number of methoxy groups -OCH3 is 2. The lowest BCUT2D eigenvalue weighted by Gasteiger charge is -2.05. The van der Waals surface area contributed by atoms with E-state index in [1.165, 1.54) is 7.11 Å². The standard InChI is InChI=1S/C11H15NO3/c1-8-6-9(4-5-10(13)14-2)7-12-11(8)15-3/h6-7H,4-5H2,1-3H3. The number of hydrogen-bond acceptors (Lipinski definition) is 4. The minimum absolute atomic E-state index is 0.205. The van der Waals surface area contributed by atoms with Gasteiger partial charge in [-0.1, -0.05) is 0 Å². The van der Waals surface area contributed by atoms with Crippen LogP contribution in [0.3, 0.4) is 0 Å². The van der Waals surface area contributed by atoms with Crippen molar-refractivity contribution >= 4 is 5.97 Å². The highest BCUT2D eigenvalue weighted by Gasteiger charge is 2.04. The molecule has 0 bridgehead atoms. The van der Waals surface area contributed by atoms with Gasteiger partial charge < -0.3 is 9.47 Å². The number of hydrogen-bond donors (Lipinski definition) is 0. The Morgan fingerprint density at radius 3 is 2.73 bits per heavy atom. The third-order valence-corrected chi connectivity index (χ3v) is 2.13. The highest BCUT2D eigenvalue weighted by atomic mass is 16.5.